The lowest BCUT2D eigenvalue weighted by Crippen LogP contribution is -1.96. The number of benzene rings is 2. The van der Waals surface area contributed by atoms with Crippen LogP contribution in [-0.2, 0) is 21.1 Å². The standard InChI is InChI=1S/C17H18O4S/c1-13(18)3-4-14-5-7-15(8-6-14)21-16-9-11-17(12-10-16)22(2,19)20/h5-12H,3-4H2,1-2H3. The van der Waals surface area contributed by atoms with E-state index in [4.69, 9.17) is 4.74 Å². The third-order valence-corrected chi connectivity index (χ3v) is 4.31. The third-order valence-electron chi connectivity index (χ3n) is 3.18. The molecule has 2 rings (SSSR count). The predicted octanol–water partition coefficient (Wildman–Crippen LogP) is 3.40. The fourth-order valence-corrected chi connectivity index (χ4v) is 2.57. The summed E-state index contributed by atoms with van der Waals surface area (Å²) in [6.07, 6.45) is 2.43. The van der Waals surface area contributed by atoms with Crippen molar-refractivity contribution in [2.45, 2.75) is 24.7 Å². The van der Waals surface area contributed by atoms with E-state index >= 15 is 0 Å². The van der Waals surface area contributed by atoms with Gasteiger partial charge >= 0.3 is 0 Å². The molecule has 0 amide bonds. The summed E-state index contributed by atoms with van der Waals surface area (Å²) < 4.78 is 28.4. The van der Waals surface area contributed by atoms with Crippen molar-refractivity contribution in [3.05, 3.63) is 54.1 Å². The van der Waals surface area contributed by atoms with Crippen molar-refractivity contribution >= 4 is 15.6 Å². The van der Waals surface area contributed by atoms with Gasteiger partial charge in [0, 0.05) is 12.7 Å². The molecule has 0 aliphatic heterocycles. The minimum atomic E-state index is -3.19. The number of rotatable bonds is 6. The molecule has 0 heterocycles. The highest BCUT2D eigenvalue weighted by molar-refractivity contribution is 7.90. The van der Waals surface area contributed by atoms with Gasteiger partial charge in [0.2, 0.25) is 0 Å². The van der Waals surface area contributed by atoms with E-state index in [-0.39, 0.29) is 10.7 Å². The quantitative estimate of drug-likeness (QED) is 0.819. The number of carbonyl (C=O) groups is 1. The molecule has 0 aliphatic carbocycles. The van der Waals surface area contributed by atoms with Crippen LogP contribution in [0.2, 0.25) is 0 Å². The van der Waals surface area contributed by atoms with E-state index in [9.17, 15) is 13.2 Å². The van der Waals surface area contributed by atoms with Crippen molar-refractivity contribution in [1.82, 2.24) is 0 Å². The highest BCUT2D eigenvalue weighted by Gasteiger charge is 2.07. The van der Waals surface area contributed by atoms with E-state index < -0.39 is 9.84 Å². The molecule has 0 bridgehead atoms. The van der Waals surface area contributed by atoms with Crippen molar-refractivity contribution < 1.29 is 17.9 Å². The molecule has 0 saturated carbocycles. The summed E-state index contributed by atoms with van der Waals surface area (Å²) in [7, 11) is -3.19. The van der Waals surface area contributed by atoms with E-state index in [2.05, 4.69) is 0 Å². The molecule has 0 N–H and O–H groups in total. The zero-order chi connectivity index (χ0) is 16.2. The summed E-state index contributed by atoms with van der Waals surface area (Å²) in [4.78, 5) is 11.2. The van der Waals surface area contributed by atoms with Crippen LogP contribution in [0.4, 0.5) is 0 Å². The fourth-order valence-electron chi connectivity index (χ4n) is 1.94. The van der Waals surface area contributed by atoms with E-state index in [0.29, 0.717) is 17.9 Å². The number of hydrogen-bond acceptors (Lipinski definition) is 4. The lowest BCUT2D eigenvalue weighted by atomic mass is 10.1. The SMILES string of the molecule is CC(=O)CCc1ccc(Oc2ccc(S(C)(=O)=O)cc2)cc1. The summed E-state index contributed by atoms with van der Waals surface area (Å²) in [5.41, 5.74) is 1.08. The van der Waals surface area contributed by atoms with Crippen molar-refractivity contribution in [3.8, 4) is 11.5 Å². The Morgan fingerprint density at radius 1 is 0.955 bits per heavy atom. The minimum absolute atomic E-state index is 0.172. The largest absolute Gasteiger partial charge is 0.457 e. The van der Waals surface area contributed by atoms with Crippen LogP contribution in [0.25, 0.3) is 0 Å². The molecule has 4 nitrogen and oxygen atoms in total. The molecular formula is C17H18O4S. The van der Waals surface area contributed by atoms with Crippen molar-refractivity contribution in [1.29, 1.82) is 0 Å². The van der Waals surface area contributed by atoms with E-state index in [1.54, 1.807) is 19.1 Å². The lowest BCUT2D eigenvalue weighted by molar-refractivity contribution is -0.116. The molecule has 0 saturated heterocycles. The zero-order valence-corrected chi connectivity index (χ0v) is 13.4. The maximum Gasteiger partial charge on any atom is 0.175 e. The fraction of sp³-hybridized carbons (Fsp3) is 0.235. The van der Waals surface area contributed by atoms with Gasteiger partial charge in [-0.05, 0) is 55.3 Å². The molecule has 0 atom stereocenters. The summed E-state index contributed by atoms with van der Waals surface area (Å²) >= 11 is 0. The molecule has 0 aromatic heterocycles. The number of ether oxygens (including phenoxy) is 1. The van der Waals surface area contributed by atoms with Crippen LogP contribution >= 0.6 is 0 Å². The summed E-state index contributed by atoms with van der Waals surface area (Å²) in [6.45, 7) is 1.58. The van der Waals surface area contributed by atoms with Crippen molar-refractivity contribution in [2.24, 2.45) is 0 Å². The van der Waals surface area contributed by atoms with Crippen LogP contribution in [0, 0.1) is 0 Å². The molecule has 0 fully saturated rings. The number of hydrogen-bond donors (Lipinski definition) is 0. The Bertz CT molecular complexity index is 744. The molecule has 2 aromatic rings. The second kappa shape index (κ2) is 6.75. The second-order valence-electron chi connectivity index (χ2n) is 5.19. The van der Waals surface area contributed by atoms with Gasteiger partial charge < -0.3 is 9.53 Å². The maximum atomic E-state index is 11.4. The van der Waals surface area contributed by atoms with Crippen LogP contribution in [0.3, 0.4) is 0 Å². The first-order chi connectivity index (χ1) is 10.3. The van der Waals surface area contributed by atoms with E-state index in [0.717, 1.165) is 12.0 Å². The topological polar surface area (TPSA) is 60.4 Å². The lowest BCUT2D eigenvalue weighted by Gasteiger charge is -2.07. The van der Waals surface area contributed by atoms with Crippen LogP contribution in [0.15, 0.2) is 53.4 Å². The van der Waals surface area contributed by atoms with Gasteiger partial charge in [0.1, 0.15) is 17.3 Å². The van der Waals surface area contributed by atoms with E-state index in [1.165, 1.54) is 18.4 Å². The summed E-state index contributed by atoms with van der Waals surface area (Å²) in [5.74, 6) is 1.41. The van der Waals surface area contributed by atoms with Crippen LogP contribution in [0.1, 0.15) is 18.9 Å². The summed E-state index contributed by atoms with van der Waals surface area (Å²) in [5, 5.41) is 0. The highest BCUT2D eigenvalue weighted by Crippen LogP contribution is 2.23. The number of carbonyl (C=O) groups excluding carboxylic acids is 1. The second-order valence-corrected chi connectivity index (χ2v) is 7.21. The van der Waals surface area contributed by atoms with Gasteiger partial charge in [-0.3, -0.25) is 0 Å². The Balaban J connectivity index is 2.03. The Kier molecular flexibility index (Phi) is 4.98. The average Bonchev–Trinajstić information content (AvgIpc) is 2.46. The van der Waals surface area contributed by atoms with Crippen LogP contribution in [0.5, 0.6) is 11.5 Å². The highest BCUT2D eigenvalue weighted by atomic mass is 32.2. The van der Waals surface area contributed by atoms with Crippen LogP contribution in [-0.4, -0.2) is 20.5 Å². The van der Waals surface area contributed by atoms with Gasteiger partial charge in [0.05, 0.1) is 4.90 Å². The number of aryl methyl sites for hydroxylation is 1. The van der Waals surface area contributed by atoms with Crippen LogP contribution < -0.4 is 4.74 Å². The Labute approximate surface area is 130 Å². The smallest absolute Gasteiger partial charge is 0.175 e. The molecule has 22 heavy (non-hydrogen) atoms. The van der Waals surface area contributed by atoms with Gasteiger partial charge in [-0.2, -0.15) is 0 Å². The first-order valence-corrected chi connectivity index (χ1v) is 8.80. The molecule has 0 radical (unpaired) electrons. The van der Waals surface area contributed by atoms with Gasteiger partial charge in [0.15, 0.2) is 9.84 Å². The first kappa shape index (κ1) is 16.2. The predicted molar refractivity (Wildman–Crippen MR) is 85.1 cm³/mol. The average molecular weight is 318 g/mol. The number of Topliss-reactive ketones (excluding diaryl/α,β-unsaturated/α-hetero) is 1. The summed E-state index contributed by atoms with van der Waals surface area (Å²) in [6, 6.07) is 13.8. The Morgan fingerprint density at radius 3 is 1.91 bits per heavy atom. The molecule has 0 unspecified atom stereocenters. The maximum absolute atomic E-state index is 11.4. The third kappa shape index (κ3) is 4.70. The zero-order valence-electron chi connectivity index (χ0n) is 12.6. The van der Waals surface area contributed by atoms with Crippen molar-refractivity contribution in [2.75, 3.05) is 6.26 Å². The molecule has 5 heteroatoms. The van der Waals surface area contributed by atoms with Gasteiger partial charge in [-0.25, -0.2) is 8.42 Å². The van der Waals surface area contributed by atoms with Gasteiger partial charge in [0.25, 0.3) is 0 Å². The normalized spacial score (nSPS) is 11.2. The molecular weight excluding hydrogens is 300 g/mol. The minimum Gasteiger partial charge on any atom is -0.457 e. The Morgan fingerprint density at radius 2 is 1.45 bits per heavy atom. The van der Waals surface area contributed by atoms with Gasteiger partial charge in [-0.15, -0.1) is 0 Å². The first-order valence-electron chi connectivity index (χ1n) is 6.91. The molecule has 0 aliphatic rings. The molecule has 0 spiro atoms. The number of sulfone groups is 1. The molecule has 2 aromatic carbocycles. The monoisotopic (exact) mass is 318 g/mol. The number of ketones is 1. The van der Waals surface area contributed by atoms with Gasteiger partial charge in [-0.1, -0.05) is 12.1 Å². The molecule has 116 valence electrons. The Hall–Kier alpha value is -2.14. The van der Waals surface area contributed by atoms with Crippen molar-refractivity contribution in [3.63, 3.8) is 0 Å². The van der Waals surface area contributed by atoms with E-state index in [1.807, 2.05) is 24.3 Å².